The van der Waals surface area contributed by atoms with Crippen molar-refractivity contribution >= 4 is 39.0 Å². The van der Waals surface area contributed by atoms with Crippen molar-refractivity contribution in [3.8, 4) is 0 Å². The fourth-order valence-corrected chi connectivity index (χ4v) is 5.10. The largest absolute Gasteiger partial charge is 0.378 e. The van der Waals surface area contributed by atoms with Crippen LogP contribution in [0.5, 0.6) is 0 Å². The second kappa shape index (κ2) is 7.74. The highest BCUT2D eigenvalue weighted by molar-refractivity contribution is 7.19. The number of morpholine rings is 1. The van der Waals surface area contributed by atoms with Crippen molar-refractivity contribution in [1.82, 2.24) is 14.9 Å². The van der Waals surface area contributed by atoms with E-state index in [1.165, 1.54) is 37.2 Å². The lowest BCUT2D eigenvalue weighted by Crippen LogP contribution is -2.36. The zero-order valence-corrected chi connectivity index (χ0v) is 16.3. The van der Waals surface area contributed by atoms with Crippen LogP contribution in [0.4, 0.5) is 5.82 Å². The molecule has 5 nitrogen and oxygen atoms in total. The minimum Gasteiger partial charge on any atom is -0.378 e. The average molecular weight is 381 g/mol. The summed E-state index contributed by atoms with van der Waals surface area (Å²) in [5.74, 6) is 1.88. The first-order valence-corrected chi connectivity index (χ1v) is 10.4. The van der Waals surface area contributed by atoms with Crippen LogP contribution < -0.4 is 4.90 Å². The fourth-order valence-electron chi connectivity index (χ4n) is 3.78. The first-order valence-electron chi connectivity index (χ1n) is 9.24. The Morgan fingerprint density at radius 1 is 1.20 bits per heavy atom. The Kier molecular flexibility index (Phi) is 5.41. The zero-order chi connectivity index (χ0) is 17.2. The Bertz CT molecular complexity index is 723. The van der Waals surface area contributed by atoms with Gasteiger partial charge in [0.05, 0.1) is 23.4 Å². The van der Waals surface area contributed by atoms with Gasteiger partial charge in [0.15, 0.2) is 5.82 Å². The quantitative estimate of drug-likeness (QED) is 0.754. The van der Waals surface area contributed by atoms with Crippen molar-refractivity contribution in [2.75, 3.05) is 44.3 Å². The van der Waals surface area contributed by atoms with Gasteiger partial charge in [-0.2, -0.15) is 4.98 Å². The van der Waals surface area contributed by atoms with Crippen molar-refractivity contribution in [1.29, 1.82) is 0 Å². The van der Waals surface area contributed by atoms with Gasteiger partial charge in [-0.15, -0.1) is 11.3 Å². The maximum absolute atomic E-state index is 6.19. The summed E-state index contributed by atoms with van der Waals surface area (Å²) in [5, 5.41) is 0.335. The number of nitrogens with zero attached hydrogens (tertiary/aromatic N) is 4. The van der Waals surface area contributed by atoms with Crippen LogP contribution in [-0.4, -0.2) is 54.3 Å². The molecule has 2 aliphatic heterocycles. The monoisotopic (exact) mass is 380 g/mol. The summed E-state index contributed by atoms with van der Waals surface area (Å²) in [6, 6.07) is 2.20. The number of anilines is 1. The molecular formula is C18H25ClN4OS. The standard InChI is InChI=1S/C18H25ClN4OS/c1-2-13-3-5-22(6-4-13)12-14-11-15-16(25-14)17(21-18(19)20-15)23-7-9-24-10-8-23/h11,13H,2-10,12H2,1H3. The SMILES string of the molecule is CCC1CCN(Cc2cc3nc(Cl)nc(N4CCOCC4)c3s2)CC1. The van der Waals surface area contributed by atoms with Gasteiger partial charge in [-0.1, -0.05) is 13.3 Å². The molecule has 0 N–H and O–H groups in total. The van der Waals surface area contributed by atoms with Gasteiger partial charge in [0, 0.05) is 24.5 Å². The molecule has 0 spiro atoms. The number of fused-ring (bicyclic) bond motifs is 1. The van der Waals surface area contributed by atoms with Crippen molar-refractivity contribution in [3.63, 3.8) is 0 Å². The summed E-state index contributed by atoms with van der Waals surface area (Å²) >= 11 is 8.01. The van der Waals surface area contributed by atoms with E-state index in [0.717, 1.165) is 54.8 Å². The lowest BCUT2D eigenvalue weighted by molar-refractivity contribution is 0.122. The van der Waals surface area contributed by atoms with Gasteiger partial charge in [-0.25, -0.2) is 4.98 Å². The Hall–Kier alpha value is -0.950. The third kappa shape index (κ3) is 3.92. The molecule has 2 fully saturated rings. The van der Waals surface area contributed by atoms with Gasteiger partial charge in [0.2, 0.25) is 5.28 Å². The topological polar surface area (TPSA) is 41.5 Å². The molecule has 0 amide bonds. The number of rotatable bonds is 4. The van der Waals surface area contributed by atoms with E-state index in [-0.39, 0.29) is 0 Å². The van der Waals surface area contributed by atoms with Crippen molar-refractivity contribution in [2.24, 2.45) is 5.92 Å². The maximum Gasteiger partial charge on any atom is 0.224 e. The summed E-state index contributed by atoms with van der Waals surface area (Å²) in [6.45, 7) is 8.94. The Morgan fingerprint density at radius 3 is 2.68 bits per heavy atom. The van der Waals surface area contributed by atoms with Crippen LogP contribution in [0.25, 0.3) is 10.2 Å². The molecule has 0 saturated carbocycles. The van der Waals surface area contributed by atoms with E-state index in [1.54, 1.807) is 0 Å². The van der Waals surface area contributed by atoms with Crippen LogP contribution in [0.2, 0.25) is 5.28 Å². The maximum atomic E-state index is 6.19. The smallest absolute Gasteiger partial charge is 0.224 e. The van der Waals surface area contributed by atoms with Crippen LogP contribution in [0.15, 0.2) is 6.07 Å². The third-order valence-corrected chi connectivity index (χ3v) is 6.63. The summed E-state index contributed by atoms with van der Waals surface area (Å²) < 4.78 is 6.62. The molecular weight excluding hydrogens is 356 g/mol. The van der Waals surface area contributed by atoms with Crippen LogP contribution in [-0.2, 0) is 11.3 Å². The molecule has 2 aromatic rings. The van der Waals surface area contributed by atoms with Crippen LogP contribution in [0.1, 0.15) is 31.1 Å². The first-order chi connectivity index (χ1) is 12.2. The van der Waals surface area contributed by atoms with Crippen molar-refractivity contribution < 1.29 is 4.74 Å². The molecule has 136 valence electrons. The second-order valence-electron chi connectivity index (χ2n) is 6.97. The third-order valence-electron chi connectivity index (χ3n) is 5.35. The first kappa shape index (κ1) is 17.5. The second-order valence-corrected chi connectivity index (χ2v) is 8.45. The predicted molar refractivity (Wildman–Crippen MR) is 104 cm³/mol. The molecule has 0 atom stereocenters. The van der Waals surface area contributed by atoms with Crippen LogP contribution >= 0.6 is 22.9 Å². The van der Waals surface area contributed by atoms with E-state index in [1.807, 2.05) is 11.3 Å². The van der Waals surface area contributed by atoms with E-state index in [2.05, 4.69) is 32.8 Å². The Morgan fingerprint density at radius 2 is 1.96 bits per heavy atom. The van der Waals surface area contributed by atoms with Gasteiger partial charge in [0.1, 0.15) is 0 Å². The number of likely N-dealkylation sites (tertiary alicyclic amines) is 1. The molecule has 0 unspecified atom stereocenters. The van der Waals surface area contributed by atoms with Gasteiger partial charge < -0.3 is 9.64 Å². The molecule has 2 saturated heterocycles. The molecule has 0 radical (unpaired) electrons. The number of hydrogen-bond donors (Lipinski definition) is 0. The lowest BCUT2D eigenvalue weighted by atomic mass is 9.94. The minimum absolute atomic E-state index is 0.335. The summed E-state index contributed by atoms with van der Waals surface area (Å²) in [5.41, 5.74) is 0.977. The number of aromatic nitrogens is 2. The molecule has 4 heterocycles. The molecule has 2 aliphatic rings. The molecule has 7 heteroatoms. The van der Waals surface area contributed by atoms with Crippen LogP contribution in [0, 0.1) is 5.92 Å². The van der Waals surface area contributed by atoms with Gasteiger partial charge in [0.25, 0.3) is 0 Å². The van der Waals surface area contributed by atoms with Crippen molar-refractivity contribution in [3.05, 3.63) is 16.2 Å². The fraction of sp³-hybridized carbons (Fsp3) is 0.667. The average Bonchev–Trinajstić information content (AvgIpc) is 3.04. The molecule has 25 heavy (non-hydrogen) atoms. The number of piperidine rings is 1. The van der Waals surface area contributed by atoms with Crippen LogP contribution in [0.3, 0.4) is 0 Å². The van der Waals surface area contributed by atoms with E-state index in [9.17, 15) is 0 Å². The normalized spacial score (nSPS) is 20.5. The van der Waals surface area contributed by atoms with Gasteiger partial charge in [-0.3, -0.25) is 4.90 Å². The predicted octanol–water partition coefficient (Wildman–Crippen LogP) is 3.80. The molecule has 2 aromatic heterocycles. The number of ether oxygens (including phenoxy) is 1. The highest BCUT2D eigenvalue weighted by Gasteiger charge is 2.21. The Labute approximate surface area is 157 Å². The van der Waals surface area contributed by atoms with E-state index >= 15 is 0 Å². The molecule has 0 aromatic carbocycles. The number of thiophene rings is 1. The lowest BCUT2D eigenvalue weighted by Gasteiger charge is -2.31. The van der Waals surface area contributed by atoms with E-state index < -0.39 is 0 Å². The number of halogens is 1. The zero-order valence-electron chi connectivity index (χ0n) is 14.7. The number of hydrogen-bond acceptors (Lipinski definition) is 6. The van der Waals surface area contributed by atoms with Crippen molar-refractivity contribution in [2.45, 2.75) is 32.7 Å². The highest BCUT2D eigenvalue weighted by atomic mass is 35.5. The summed E-state index contributed by atoms with van der Waals surface area (Å²) in [4.78, 5) is 15.2. The summed E-state index contributed by atoms with van der Waals surface area (Å²) in [7, 11) is 0. The highest BCUT2D eigenvalue weighted by Crippen LogP contribution is 2.34. The van der Waals surface area contributed by atoms with E-state index in [4.69, 9.17) is 16.3 Å². The molecule has 4 rings (SSSR count). The molecule has 0 bridgehead atoms. The summed E-state index contributed by atoms with van der Waals surface area (Å²) in [6.07, 6.45) is 3.96. The molecule has 0 aliphatic carbocycles. The van der Waals surface area contributed by atoms with Gasteiger partial charge >= 0.3 is 0 Å². The van der Waals surface area contributed by atoms with Gasteiger partial charge in [-0.05, 0) is 49.5 Å². The van der Waals surface area contributed by atoms with E-state index in [0.29, 0.717) is 5.28 Å². The Balaban J connectivity index is 1.55. The minimum atomic E-state index is 0.335.